The molecule has 2 aliphatic heterocycles. The second-order valence-electron chi connectivity index (χ2n) is 7.89. The molecule has 2 saturated heterocycles. The minimum atomic E-state index is -1.03. The van der Waals surface area contributed by atoms with E-state index in [4.69, 9.17) is 28.4 Å². The molecule has 0 aliphatic carbocycles. The first kappa shape index (κ1) is 21.6. The van der Waals surface area contributed by atoms with Crippen molar-refractivity contribution in [1.82, 2.24) is 0 Å². The Labute approximate surface area is 158 Å². The van der Waals surface area contributed by atoms with Crippen molar-refractivity contribution in [2.75, 3.05) is 6.61 Å². The molecule has 0 aromatic rings. The van der Waals surface area contributed by atoms with Crippen LogP contribution in [0.1, 0.15) is 48.5 Å². The molecule has 0 bridgehead atoms. The van der Waals surface area contributed by atoms with Gasteiger partial charge in [0.2, 0.25) is 0 Å². The van der Waals surface area contributed by atoms with Crippen LogP contribution in [0, 0.1) is 5.41 Å². The summed E-state index contributed by atoms with van der Waals surface area (Å²) in [7, 11) is 0. The van der Waals surface area contributed by atoms with Crippen molar-refractivity contribution in [3.8, 4) is 0 Å². The molecule has 0 spiro atoms. The van der Waals surface area contributed by atoms with E-state index in [-0.39, 0.29) is 6.61 Å². The van der Waals surface area contributed by atoms with E-state index in [1.165, 1.54) is 20.8 Å². The highest BCUT2D eigenvalue weighted by Crippen LogP contribution is 2.46. The Hall–Kier alpha value is -1.71. The van der Waals surface area contributed by atoms with Crippen LogP contribution in [0.25, 0.3) is 0 Å². The van der Waals surface area contributed by atoms with Gasteiger partial charge in [-0.3, -0.25) is 14.4 Å². The summed E-state index contributed by atoms with van der Waals surface area (Å²) >= 11 is 0. The van der Waals surface area contributed by atoms with Gasteiger partial charge in [-0.2, -0.15) is 0 Å². The summed E-state index contributed by atoms with van der Waals surface area (Å²) in [6, 6.07) is 0. The molecule has 0 aromatic heterocycles. The molecule has 2 rings (SSSR count). The SMILES string of the molecule is CC(=O)OC[C@H]1O[C@@H]2OC(C)(C(C)(C)C)O[C@@H]2[C@@H](OC(C)=O)[C@@H]1OC(C)=O. The quantitative estimate of drug-likeness (QED) is 0.520. The van der Waals surface area contributed by atoms with Crippen molar-refractivity contribution in [2.45, 2.75) is 85.0 Å². The average Bonchev–Trinajstić information content (AvgIpc) is 2.84. The lowest BCUT2D eigenvalue weighted by Crippen LogP contribution is -2.60. The minimum absolute atomic E-state index is 0.191. The first-order chi connectivity index (χ1) is 12.3. The van der Waals surface area contributed by atoms with Crippen molar-refractivity contribution in [3.63, 3.8) is 0 Å². The van der Waals surface area contributed by atoms with Crippen LogP contribution in [0.3, 0.4) is 0 Å². The van der Waals surface area contributed by atoms with E-state index in [0.29, 0.717) is 0 Å². The zero-order valence-corrected chi connectivity index (χ0v) is 16.8. The Morgan fingerprint density at radius 1 is 0.926 bits per heavy atom. The second-order valence-corrected chi connectivity index (χ2v) is 7.89. The molecular formula is C18H28O9. The maximum Gasteiger partial charge on any atom is 0.303 e. The highest BCUT2D eigenvalue weighted by Gasteiger charge is 2.61. The third-order valence-electron chi connectivity index (χ3n) is 4.71. The van der Waals surface area contributed by atoms with Crippen LogP contribution in [-0.4, -0.2) is 61.0 Å². The third-order valence-corrected chi connectivity index (χ3v) is 4.71. The Morgan fingerprint density at radius 2 is 1.48 bits per heavy atom. The van der Waals surface area contributed by atoms with Crippen molar-refractivity contribution >= 4 is 17.9 Å². The molecule has 6 atom stereocenters. The number of esters is 3. The van der Waals surface area contributed by atoms with Crippen molar-refractivity contribution in [2.24, 2.45) is 5.41 Å². The van der Waals surface area contributed by atoms with E-state index in [2.05, 4.69) is 0 Å². The van der Waals surface area contributed by atoms with E-state index in [9.17, 15) is 14.4 Å². The highest BCUT2D eigenvalue weighted by molar-refractivity contribution is 5.67. The summed E-state index contributed by atoms with van der Waals surface area (Å²) in [5, 5.41) is 0. The number of carbonyl (C=O) groups is 3. The molecule has 0 saturated carbocycles. The summed E-state index contributed by atoms with van der Waals surface area (Å²) < 4.78 is 33.8. The number of rotatable bonds is 4. The van der Waals surface area contributed by atoms with Crippen LogP contribution in [0.4, 0.5) is 0 Å². The number of hydrogen-bond acceptors (Lipinski definition) is 9. The molecule has 2 fully saturated rings. The van der Waals surface area contributed by atoms with Gasteiger partial charge in [0.25, 0.3) is 0 Å². The zero-order valence-electron chi connectivity index (χ0n) is 16.8. The molecular weight excluding hydrogens is 360 g/mol. The monoisotopic (exact) mass is 388 g/mol. The van der Waals surface area contributed by atoms with Crippen LogP contribution < -0.4 is 0 Å². The lowest BCUT2D eigenvalue weighted by atomic mass is 9.86. The predicted octanol–water partition coefficient (Wildman–Crippen LogP) is 1.32. The van der Waals surface area contributed by atoms with Gasteiger partial charge in [-0.25, -0.2) is 0 Å². The molecule has 0 radical (unpaired) electrons. The summed E-state index contributed by atoms with van der Waals surface area (Å²) in [6.45, 7) is 11.1. The fourth-order valence-corrected chi connectivity index (χ4v) is 2.95. The summed E-state index contributed by atoms with van der Waals surface area (Å²) in [4.78, 5) is 34.5. The van der Waals surface area contributed by atoms with Crippen molar-refractivity contribution in [3.05, 3.63) is 0 Å². The van der Waals surface area contributed by atoms with E-state index in [1.807, 2.05) is 20.8 Å². The van der Waals surface area contributed by atoms with Gasteiger partial charge in [-0.05, 0) is 6.92 Å². The average molecular weight is 388 g/mol. The smallest absolute Gasteiger partial charge is 0.303 e. The molecule has 1 unspecified atom stereocenters. The fraction of sp³-hybridized carbons (Fsp3) is 0.833. The molecule has 0 aromatic carbocycles. The Kier molecular flexibility index (Phi) is 6.18. The number of carbonyl (C=O) groups excluding carboxylic acids is 3. The van der Waals surface area contributed by atoms with E-state index >= 15 is 0 Å². The molecule has 0 amide bonds. The number of fused-ring (bicyclic) bond motifs is 1. The molecule has 9 nitrogen and oxygen atoms in total. The van der Waals surface area contributed by atoms with Crippen LogP contribution >= 0.6 is 0 Å². The van der Waals surface area contributed by atoms with Gasteiger partial charge in [-0.15, -0.1) is 0 Å². The fourth-order valence-electron chi connectivity index (χ4n) is 2.95. The zero-order chi connectivity index (χ0) is 20.6. The normalized spacial score (nSPS) is 35.9. The van der Waals surface area contributed by atoms with E-state index < -0.39 is 59.8 Å². The molecule has 0 N–H and O–H groups in total. The van der Waals surface area contributed by atoms with Gasteiger partial charge in [0.1, 0.15) is 12.7 Å². The van der Waals surface area contributed by atoms with Gasteiger partial charge < -0.3 is 28.4 Å². The van der Waals surface area contributed by atoms with Gasteiger partial charge in [0.05, 0.1) is 0 Å². The lowest BCUT2D eigenvalue weighted by molar-refractivity contribution is -0.274. The van der Waals surface area contributed by atoms with E-state index in [0.717, 1.165) is 0 Å². The van der Waals surface area contributed by atoms with Crippen LogP contribution in [-0.2, 0) is 42.8 Å². The Balaban J connectivity index is 2.36. The van der Waals surface area contributed by atoms with E-state index in [1.54, 1.807) is 6.92 Å². The van der Waals surface area contributed by atoms with Gasteiger partial charge in [0.15, 0.2) is 30.4 Å². The standard InChI is InChI=1S/C18H28O9/c1-9(19)22-8-12-13(23-10(2)20)14(24-11(3)21)15-16(25-12)27-18(7,26-15)17(4,5)6/h12-16H,8H2,1-7H3/t12-,13-,14+,15-,16-,18?/m1/s1. The molecule has 2 aliphatic rings. The van der Waals surface area contributed by atoms with Gasteiger partial charge in [-0.1, -0.05) is 20.8 Å². The summed E-state index contributed by atoms with van der Waals surface area (Å²) in [5.74, 6) is -2.71. The van der Waals surface area contributed by atoms with Crippen LogP contribution in [0.15, 0.2) is 0 Å². The number of hydrogen-bond donors (Lipinski definition) is 0. The Morgan fingerprint density at radius 3 is 1.96 bits per heavy atom. The lowest BCUT2D eigenvalue weighted by Gasteiger charge is -2.40. The van der Waals surface area contributed by atoms with Crippen LogP contribution in [0.5, 0.6) is 0 Å². The third kappa shape index (κ3) is 4.77. The number of ether oxygens (including phenoxy) is 6. The molecule has 9 heteroatoms. The summed E-state index contributed by atoms with van der Waals surface area (Å²) in [6.07, 6.45) is -4.57. The van der Waals surface area contributed by atoms with Gasteiger partial charge in [0, 0.05) is 26.2 Å². The van der Waals surface area contributed by atoms with Crippen LogP contribution in [0.2, 0.25) is 0 Å². The molecule has 154 valence electrons. The summed E-state index contributed by atoms with van der Waals surface area (Å²) in [5.41, 5.74) is -0.420. The largest absolute Gasteiger partial charge is 0.463 e. The Bertz CT molecular complexity index is 596. The highest BCUT2D eigenvalue weighted by atomic mass is 16.8. The second kappa shape index (κ2) is 7.73. The molecule has 2 heterocycles. The first-order valence-electron chi connectivity index (χ1n) is 8.83. The predicted molar refractivity (Wildman–Crippen MR) is 90.2 cm³/mol. The molecule has 27 heavy (non-hydrogen) atoms. The van der Waals surface area contributed by atoms with Crippen molar-refractivity contribution in [1.29, 1.82) is 0 Å². The topological polar surface area (TPSA) is 107 Å². The maximum atomic E-state index is 11.7. The minimum Gasteiger partial charge on any atom is -0.463 e. The van der Waals surface area contributed by atoms with Gasteiger partial charge >= 0.3 is 17.9 Å². The van der Waals surface area contributed by atoms with Crippen molar-refractivity contribution < 1.29 is 42.8 Å². The first-order valence-corrected chi connectivity index (χ1v) is 8.83. The maximum absolute atomic E-state index is 11.7.